The molecule has 0 aromatic carbocycles. The number of hydrogen-bond acceptors (Lipinski definition) is 2. The summed E-state index contributed by atoms with van der Waals surface area (Å²) < 4.78 is 0. The molecule has 1 saturated carbocycles. The Labute approximate surface area is 101 Å². The van der Waals surface area contributed by atoms with Crippen molar-refractivity contribution in [1.82, 2.24) is 4.90 Å². The number of rotatable bonds is 2. The van der Waals surface area contributed by atoms with E-state index in [2.05, 4.69) is 18.7 Å². The Kier molecular flexibility index (Phi) is 3.91. The molecule has 0 aromatic heterocycles. The van der Waals surface area contributed by atoms with E-state index in [0.717, 1.165) is 5.92 Å². The average molecular weight is 224 g/mol. The lowest BCUT2D eigenvalue weighted by atomic mass is 9.81. The standard InChI is InChI=1S/C14H28N2/c1-14(2)7-9-16(10-8-14)11-12-5-3-4-6-13(12)15/h12-13H,3-11,15H2,1-2H3/t12-,13-/m0/s1. The molecule has 2 nitrogen and oxygen atoms in total. The van der Waals surface area contributed by atoms with E-state index in [9.17, 15) is 0 Å². The minimum Gasteiger partial charge on any atom is -0.327 e. The molecule has 0 radical (unpaired) electrons. The first-order valence-electron chi connectivity index (χ1n) is 7.05. The Hall–Kier alpha value is -0.0800. The van der Waals surface area contributed by atoms with Gasteiger partial charge in [0.2, 0.25) is 0 Å². The SMILES string of the molecule is CC1(C)CCN(C[C@@H]2CCCC[C@@H]2N)CC1. The monoisotopic (exact) mass is 224 g/mol. The van der Waals surface area contributed by atoms with Crippen LogP contribution in [0.25, 0.3) is 0 Å². The minimum absolute atomic E-state index is 0.476. The lowest BCUT2D eigenvalue weighted by Gasteiger charge is -2.40. The summed E-state index contributed by atoms with van der Waals surface area (Å²) in [4.78, 5) is 2.65. The molecule has 0 bridgehead atoms. The van der Waals surface area contributed by atoms with Gasteiger partial charge < -0.3 is 10.6 Å². The van der Waals surface area contributed by atoms with Crippen LogP contribution in [0.3, 0.4) is 0 Å². The van der Waals surface area contributed by atoms with Gasteiger partial charge in [-0.15, -0.1) is 0 Å². The highest BCUT2D eigenvalue weighted by Gasteiger charge is 2.29. The van der Waals surface area contributed by atoms with Crippen LogP contribution < -0.4 is 5.73 Å². The summed E-state index contributed by atoms with van der Waals surface area (Å²) in [6.45, 7) is 8.64. The maximum Gasteiger partial charge on any atom is 0.00793 e. The molecule has 1 saturated heterocycles. The van der Waals surface area contributed by atoms with Gasteiger partial charge in [0.25, 0.3) is 0 Å². The topological polar surface area (TPSA) is 29.3 Å². The van der Waals surface area contributed by atoms with E-state index in [4.69, 9.17) is 5.73 Å². The van der Waals surface area contributed by atoms with Gasteiger partial charge >= 0.3 is 0 Å². The maximum absolute atomic E-state index is 6.22. The third kappa shape index (κ3) is 3.21. The number of nitrogens with two attached hydrogens (primary N) is 1. The molecule has 0 spiro atoms. The predicted molar refractivity (Wildman–Crippen MR) is 69.4 cm³/mol. The lowest BCUT2D eigenvalue weighted by Crippen LogP contribution is -2.45. The molecule has 2 aliphatic rings. The van der Waals surface area contributed by atoms with Gasteiger partial charge in [-0.2, -0.15) is 0 Å². The molecule has 0 unspecified atom stereocenters. The molecule has 2 atom stereocenters. The molecule has 1 aliphatic carbocycles. The molecule has 1 heterocycles. The van der Waals surface area contributed by atoms with Gasteiger partial charge in [-0.25, -0.2) is 0 Å². The lowest BCUT2D eigenvalue weighted by molar-refractivity contribution is 0.103. The molecule has 2 fully saturated rings. The molecular formula is C14H28N2. The van der Waals surface area contributed by atoms with E-state index in [1.54, 1.807) is 0 Å². The van der Waals surface area contributed by atoms with E-state index >= 15 is 0 Å². The fourth-order valence-electron chi connectivity index (χ4n) is 3.14. The van der Waals surface area contributed by atoms with Gasteiger partial charge in [0.05, 0.1) is 0 Å². The summed E-state index contributed by atoms with van der Waals surface area (Å²) in [7, 11) is 0. The van der Waals surface area contributed by atoms with E-state index in [-0.39, 0.29) is 0 Å². The van der Waals surface area contributed by atoms with Crippen molar-refractivity contribution < 1.29 is 0 Å². The summed E-state index contributed by atoms with van der Waals surface area (Å²) in [5.41, 5.74) is 6.80. The summed E-state index contributed by atoms with van der Waals surface area (Å²) in [5.74, 6) is 0.773. The maximum atomic E-state index is 6.22. The fourth-order valence-corrected chi connectivity index (χ4v) is 3.14. The van der Waals surface area contributed by atoms with Crippen LogP contribution in [0.5, 0.6) is 0 Å². The highest BCUT2D eigenvalue weighted by Crippen LogP contribution is 2.31. The highest BCUT2D eigenvalue weighted by molar-refractivity contribution is 4.84. The first-order chi connectivity index (χ1) is 7.57. The van der Waals surface area contributed by atoms with Crippen molar-refractivity contribution in [3.63, 3.8) is 0 Å². The van der Waals surface area contributed by atoms with Crippen LogP contribution in [0.2, 0.25) is 0 Å². The van der Waals surface area contributed by atoms with Crippen LogP contribution in [0.4, 0.5) is 0 Å². The van der Waals surface area contributed by atoms with Gasteiger partial charge in [0.15, 0.2) is 0 Å². The first-order valence-corrected chi connectivity index (χ1v) is 7.05. The summed E-state index contributed by atoms with van der Waals surface area (Å²) in [6.07, 6.45) is 8.08. The highest BCUT2D eigenvalue weighted by atomic mass is 15.1. The molecule has 0 aromatic rings. The van der Waals surface area contributed by atoms with Gasteiger partial charge in [0.1, 0.15) is 0 Å². The molecule has 2 N–H and O–H groups in total. The molecular weight excluding hydrogens is 196 g/mol. The summed E-state index contributed by atoms with van der Waals surface area (Å²) in [6, 6.07) is 0.476. The van der Waals surface area contributed by atoms with Crippen LogP contribution in [0.15, 0.2) is 0 Å². The first kappa shape index (κ1) is 12.4. The average Bonchev–Trinajstić information content (AvgIpc) is 2.24. The molecule has 2 heteroatoms. The van der Waals surface area contributed by atoms with Crippen molar-refractivity contribution in [1.29, 1.82) is 0 Å². The van der Waals surface area contributed by atoms with Crippen LogP contribution in [0.1, 0.15) is 52.4 Å². The Morgan fingerprint density at radius 2 is 1.75 bits per heavy atom. The Balaban J connectivity index is 1.77. The van der Waals surface area contributed by atoms with Gasteiger partial charge in [-0.3, -0.25) is 0 Å². The fraction of sp³-hybridized carbons (Fsp3) is 1.00. The third-order valence-corrected chi connectivity index (χ3v) is 4.67. The van der Waals surface area contributed by atoms with Gasteiger partial charge in [0, 0.05) is 12.6 Å². The number of hydrogen-bond donors (Lipinski definition) is 1. The normalized spacial score (nSPS) is 36.2. The zero-order chi connectivity index (χ0) is 11.6. The number of nitrogens with zero attached hydrogens (tertiary/aromatic N) is 1. The van der Waals surface area contributed by atoms with Gasteiger partial charge in [-0.05, 0) is 50.1 Å². The largest absolute Gasteiger partial charge is 0.327 e. The summed E-state index contributed by atoms with van der Waals surface area (Å²) >= 11 is 0. The van der Waals surface area contributed by atoms with Crippen LogP contribution in [-0.4, -0.2) is 30.6 Å². The molecule has 94 valence electrons. The van der Waals surface area contributed by atoms with Crippen molar-refractivity contribution in [3.05, 3.63) is 0 Å². The van der Waals surface area contributed by atoms with E-state index < -0.39 is 0 Å². The predicted octanol–water partition coefficient (Wildman–Crippen LogP) is 2.63. The molecule has 16 heavy (non-hydrogen) atoms. The van der Waals surface area contributed by atoms with Crippen molar-refractivity contribution in [2.75, 3.05) is 19.6 Å². The molecule has 0 amide bonds. The quantitative estimate of drug-likeness (QED) is 0.781. The Morgan fingerprint density at radius 3 is 2.38 bits per heavy atom. The van der Waals surface area contributed by atoms with Crippen molar-refractivity contribution in [2.24, 2.45) is 17.1 Å². The summed E-state index contributed by atoms with van der Waals surface area (Å²) in [5, 5.41) is 0. The second-order valence-electron chi connectivity index (χ2n) is 6.67. The van der Waals surface area contributed by atoms with Gasteiger partial charge in [-0.1, -0.05) is 26.7 Å². The van der Waals surface area contributed by atoms with E-state index in [1.807, 2.05) is 0 Å². The van der Waals surface area contributed by atoms with Crippen LogP contribution in [-0.2, 0) is 0 Å². The minimum atomic E-state index is 0.476. The molecule has 2 rings (SSSR count). The van der Waals surface area contributed by atoms with Crippen LogP contribution in [0, 0.1) is 11.3 Å². The number of likely N-dealkylation sites (tertiary alicyclic amines) is 1. The number of piperidine rings is 1. The molecule has 1 aliphatic heterocycles. The Morgan fingerprint density at radius 1 is 1.12 bits per heavy atom. The van der Waals surface area contributed by atoms with Crippen molar-refractivity contribution in [2.45, 2.75) is 58.4 Å². The van der Waals surface area contributed by atoms with E-state index in [1.165, 1.54) is 58.2 Å². The smallest absolute Gasteiger partial charge is 0.00793 e. The van der Waals surface area contributed by atoms with Crippen molar-refractivity contribution in [3.8, 4) is 0 Å². The second-order valence-corrected chi connectivity index (χ2v) is 6.67. The Bertz CT molecular complexity index is 215. The second kappa shape index (κ2) is 5.05. The zero-order valence-corrected chi connectivity index (χ0v) is 11.0. The van der Waals surface area contributed by atoms with E-state index in [0.29, 0.717) is 11.5 Å². The van der Waals surface area contributed by atoms with Crippen LogP contribution >= 0.6 is 0 Å². The van der Waals surface area contributed by atoms with Crippen molar-refractivity contribution >= 4 is 0 Å². The zero-order valence-electron chi connectivity index (χ0n) is 11.0. The third-order valence-electron chi connectivity index (χ3n) is 4.67.